The average Bonchev–Trinajstić information content (AvgIpc) is 3.48. The standard InChI is InChI=1S/C20H30N4O2S.HI/c1-21-20(24-12-14-15(13-24)18-5-4-17(14)26-18)22-11-16(19-3-2-10-27-19)23-6-8-25-9-7-23;/h2-3,10,14-18H,4-9,11-13H2,1H3,(H,21,22);1H. The third-order valence-electron chi connectivity index (χ3n) is 6.78. The lowest BCUT2D eigenvalue weighted by Crippen LogP contribution is -2.47. The van der Waals surface area contributed by atoms with Gasteiger partial charge in [-0.05, 0) is 24.3 Å². The van der Waals surface area contributed by atoms with Gasteiger partial charge in [0, 0.05) is 56.5 Å². The Balaban J connectivity index is 0.00000192. The molecule has 4 fully saturated rings. The van der Waals surface area contributed by atoms with Crippen LogP contribution in [0.15, 0.2) is 22.5 Å². The molecule has 6 nitrogen and oxygen atoms in total. The van der Waals surface area contributed by atoms with Crippen molar-refractivity contribution in [1.82, 2.24) is 15.1 Å². The molecule has 28 heavy (non-hydrogen) atoms. The number of rotatable bonds is 4. The molecule has 5 rings (SSSR count). The maximum absolute atomic E-state index is 6.12. The molecule has 0 amide bonds. The van der Waals surface area contributed by atoms with Crippen molar-refractivity contribution in [3.8, 4) is 0 Å². The van der Waals surface area contributed by atoms with Gasteiger partial charge < -0.3 is 19.7 Å². The molecule has 156 valence electrons. The fraction of sp³-hybridized carbons (Fsp3) is 0.750. The third kappa shape index (κ3) is 3.95. The van der Waals surface area contributed by atoms with Crippen LogP contribution in [0, 0.1) is 11.8 Å². The number of guanidine groups is 1. The van der Waals surface area contributed by atoms with Crippen LogP contribution in [-0.4, -0.2) is 81.0 Å². The molecule has 4 saturated heterocycles. The number of morpholine rings is 1. The molecule has 1 aromatic heterocycles. The Kier molecular flexibility index (Phi) is 6.81. The molecule has 1 aromatic rings. The van der Waals surface area contributed by atoms with Crippen LogP contribution >= 0.6 is 35.3 Å². The highest BCUT2D eigenvalue weighted by Crippen LogP contribution is 2.47. The van der Waals surface area contributed by atoms with Gasteiger partial charge in [-0.1, -0.05) is 6.07 Å². The van der Waals surface area contributed by atoms with Gasteiger partial charge in [0.25, 0.3) is 0 Å². The lowest BCUT2D eigenvalue weighted by molar-refractivity contribution is 0.0176. The van der Waals surface area contributed by atoms with Crippen molar-refractivity contribution in [2.24, 2.45) is 16.8 Å². The van der Waals surface area contributed by atoms with Crippen molar-refractivity contribution < 1.29 is 9.47 Å². The zero-order valence-electron chi connectivity index (χ0n) is 16.5. The summed E-state index contributed by atoms with van der Waals surface area (Å²) in [5.74, 6) is 2.46. The second kappa shape index (κ2) is 9.16. The Hall–Kier alpha value is -0.420. The summed E-state index contributed by atoms with van der Waals surface area (Å²) in [7, 11) is 1.91. The first-order chi connectivity index (χ1) is 13.3. The van der Waals surface area contributed by atoms with Gasteiger partial charge in [-0.2, -0.15) is 0 Å². The van der Waals surface area contributed by atoms with E-state index < -0.39 is 0 Å². The normalized spacial score (nSPS) is 33.6. The van der Waals surface area contributed by atoms with E-state index in [4.69, 9.17) is 9.47 Å². The van der Waals surface area contributed by atoms with Gasteiger partial charge in [0.05, 0.1) is 31.5 Å². The molecule has 5 unspecified atom stereocenters. The summed E-state index contributed by atoms with van der Waals surface area (Å²) < 4.78 is 11.7. The van der Waals surface area contributed by atoms with Crippen LogP contribution in [-0.2, 0) is 9.47 Å². The predicted octanol–water partition coefficient (Wildman–Crippen LogP) is 2.42. The Morgan fingerprint density at radius 2 is 1.96 bits per heavy atom. The van der Waals surface area contributed by atoms with Crippen molar-refractivity contribution >= 4 is 41.3 Å². The minimum absolute atomic E-state index is 0. The minimum atomic E-state index is 0. The van der Waals surface area contributed by atoms with Gasteiger partial charge in [0.1, 0.15) is 0 Å². The van der Waals surface area contributed by atoms with E-state index in [1.807, 2.05) is 18.4 Å². The summed E-state index contributed by atoms with van der Waals surface area (Å²) in [6, 6.07) is 4.79. The molecule has 0 spiro atoms. The quantitative estimate of drug-likeness (QED) is 0.377. The monoisotopic (exact) mass is 518 g/mol. The van der Waals surface area contributed by atoms with Crippen molar-refractivity contribution in [2.45, 2.75) is 31.1 Å². The molecule has 4 aliphatic rings. The van der Waals surface area contributed by atoms with Gasteiger partial charge in [-0.3, -0.25) is 9.89 Å². The molecular formula is C20H31IN4O2S. The first-order valence-electron chi connectivity index (χ1n) is 10.3. The van der Waals surface area contributed by atoms with Gasteiger partial charge in [0.15, 0.2) is 5.96 Å². The predicted molar refractivity (Wildman–Crippen MR) is 123 cm³/mol. The second-order valence-electron chi connectivity index (χ2n) is 8.13. The van der Waals surface area contributed by atoms with E-state index in [1.165, 1.54) is 17.7 Å². The number of thiophene rings is 1. The van der Waals surface area contributed by atoms with Crippen LogP contribution in [0.1, 0.15) is 23.8 Å². The highest BCUT2D eigenvalue weighted by atomic mass is 127. The van der Waals surface area contributed by atoms with E-state index in [0.29, 0.717) is 30.1 Å². The van der Waals surface area contributed by atoms with Crippen molar-refractivity contribution in [3.63, 3.8) is 0 Å². The van der Waals surface area contributed by atoms with Crippen molar-refractivity contribution in [3.05, 3.63) is 22.4 Å². The van der Waals surface area contributed by atoms with Crippen molar-refractivity contribution in [1.29, 1.82) is 0 Å². The van der Waals surface area contributed by atoms with E-state index >= 15 is 0 Å². The zero-order valence-corrected chi connectivity index (χ0v) is 19.6. The smallest absolute Gasteiger partial charge is 0.193 e. The van der Waals surface area contributed by atoms with Gasteiger partial charge in [0.2, 0.25) is 0 Å². The summed E-state index contributed by atoms with van der Waals surface area (Å²) >= 11 is 1.85. The first kappa shape index (κ1) is 20.8. The fourth-order valence-electron chi connectivity index (χ4n) is 5.43. The lowest BCUT2D eigenvalue weighted by Gasteiger charge is -2.35. The molecule has 2 bridgehead atoms. The Labute approximate surface area is 188 Å². The second-order valence-corrected chi connectivity index (χ2v) is 9.11. The molecule has 4 aliphatic heterocycles. The Morgan fingerprint density at radius 3 is 2.57 bits per heavy atom. The number of nitrogens with one attached hydrogen (secondary N) is 1. The van der Waals surface area contributed by atoms with Gasteiger partial charge >= 0.3 is 0 Å². The lowest BCUT2D eigenvalue weighted by atomic mass is 9.82. The molecule has 0 saturated carbocycles. The molecule has 0 aliphatic carbocycles. The highest BCUT2D eigenvalue weighted by Gasteiger charge is 2.53. The number of hydrogen-bond donors (Lipinski definition) is 1. The summed E-state index contributed by atoms with van der Waals surface area (Å²) in [5.41, 5.74) is 0. The topological polar surface area (TPSA) is 49.3 Å². The van der Waals surface area contributed by atoms with Crippen molar-refractivity contribution in [2.75, 3.05) is 53.0 Å². The number of likely N-dealkylation sites (tertiary alicyclic amines) is 1. The zero-order chi connectivity index (χ0) is 18.2. The maximum Gasteiger partial charge on any atom is 0.193 e. The maximum atomic E-state index is 6.12. The van der Waals surface area contributed by atoms with E-state index in [2.05, 4.69) is 37.6 Å². The SMILES string of the molecule is CN=C(NCC(c1cccs1)N1CCOCC1)N1CC2C3CCC(O3)C2C1.I. The average molecular weight is 518 g/mol. The third-order valence-corrected chi connectivity index (χ3v) is 7.75. The fourth-order valence-corrected chi connectivity index (χ4v) is 6.29. The van der Waals surface area contributed by atoms with Gasteiger partial charge in [-0.25, -0.2) is 0 Å². The number of halogens is 1. The van der Waals surface area contributed by atoms with Crippen LogP contribution in [0.4, 0.5) is 0 Å². The number of hydrogen-bond acceptors (Lipinski definition) is 5. The molecular weight excluding hydrogens is 487 g/mol. The molecule has 5 atom stereocenters. The molecule has 5 heterocycles. The Morgan fingerprint density at radius 1 is 1.25 bits per heavy atom. The Bertz CT molecular complexity index is 649. The number of aliphatic imine (C=N–C) groups is 1. The van der Waals surface area contributed by atoms with E-state index in [9.17, 15) is 0 Å². The molecule has 0 aromatic carbocycles. The van der Waals surface area contributed by atoms with Crippen LogP contribution in [0.3, 0.4) is 0 Å². The van der Waals surface area contributed by atoms with E-state index in [-0.39, 0.29) is 24.0 Å². The molecule has 0 radical (unpaired) electrons. The largest absolute Gasteiger partial charge is 0.379 e. The van der Waals surface area contributed by atoms with Gasteiger partial charge in [-0.15, -0.1) is 35.3 Å². The molecule has 8 heteroatoms. The highest BCUT2D eigenvalue weighted by molar-refractivity contribution is 14.0. The first-order valence-corrected chi connectivity index (χ1v) is 11.2. The van der Waals surface area contributed by atoms with Crippen LogP contribution in [0.2, 0.25) is 0 Å². The summed E-state index contributed by atoms with van der Waals surface area (Å²) in [6.45, 7) is 6.72. The minimum Gasteiger partial charge on any atom is -0.379 e. The number of nitrogens with zero attached hydrogens (tertiary/aromatic N) is 3. The van der Waals surface area contributed by atoms with E-state index in [0.717, 1.165) is 51.9 Å². The van der Waals surface area contributed by atoms with Crippen LogP contribution in [0.25, 0.3) is 0 Å². The number of fused-ring (bicyclic) bond motifs is 5. The summed E-state index contributed by atoms with van der Waals surface area (Å²) in [6.07, 6.45) is 3.50. The molecule has 1 N–H and O–H groups in total. The number of ether oxygens (including phenoxy) is 2. The van der Waals surface area contributed by atoms with E-state index in [1.54, 1.807) is 0 Å². The summed E-state index contributed by atoms with van der Waals surface area (Å²) in [5, 5.41) is 5.87. The summed E-state index contributed by atoms with van der Waals surface area (Å²) in [4.78, 5) is 11.0. The van der Waals surface area contributed by atoms with Crippen LogP contribution in [0.5, 0.6) is 0 Å². The van der Waals surface area contributed by atoms with Crippen LogP contribution < -0.4 is 5.32 Å².